The summed E-state index contributed by atoms with van der Waals surface area (Å²) in [5, 5.41) is 20.2. The van der Waals surface area contributed by atoms with Crippen LogP contribution in [0.5, 0.6) is 5.75 Å². The van der Waals surface area contributed by atoms with Crippen LogP contribution in [0.1, 0.15) is 30.8 Å². The van der Waals surface area contributed by atoms with Gasteiger partial charge in [-0.3, -0.25) is 4.79 Å². The fourth-order valence-corrected chi connectivity index (χ4v) is 2.81. The first-order chi connectivity index (χ1) is 11.7. The Morgan fingerprint density at radius 3 is 2.92 bits per heavy atom. The Balaban J connectivity index is 1.47. The number of nitrogens with zero attached hydrogens (tertiary/aromatic N) is 3. The van der Waals surface area contributed by atoms with Gasteiger partial charge in [0.1, 0.15) is 23.9 Å². The number of aromatic hydroxyl groups is 1. The van der Waals surface area contributed by atoms with Crippen LogP contribution in [0.4, 0.5) is 0 Å². The van der Waals surface area contributed by atoms with Gasteiger partial charge in [0.25, 0.3) is 0 Å². The van der Waals surface area contributed by atoms with E-state index in [0.29, 0.717) is 19.4 Å². The van der Waals surface area contributed by atoms with Crippen LogP contribution >= 0.6 is 0 Å². The zero-order chi connectivity index (χ0) is 16.9. The summed E-state index contributed by atoms with van der Waals surface area (Å²) in [5.41, 5.74) is 7.19. The van der Waals surface area contributed by atoms with E-state index in [4.69, 9.17) is 0 Å². The average molecular weight is 330 g/mol. The molecule has 0 saturated carbocycles. The first-order valence-corrected chi connectivity index (χ1v) is 8.11. The van der Waals surface area contributed by atoms with Gasteiger partial charge >= 0.3 is 0 Å². The minimum Gasteiger partial charge on any atom is -0.508 e. The van der Waals surface area contributed by atoms with Crippen molar-refractivity contribution in [2.75, 3.05) is 6.54 Å². The lowest BCUT2D eigenvalue weighted by Gasteiger charge is -2.11. The third-order valence-electron chi connectivity index (χ3n) is 4.20. The van der Waals surface area contributed by atoms with Crippen molar-refractivity contribution in [3.8, 4) is 5.75 Å². The quantitative estimate of drug-likeness (QED) is 0.606. The SMILES string of the molecule is CCn1cnnc1CCNC(=O)C1CC(c2ccc(O)cc2)NN1. The number of carbonyl (C=O) groups is 1. The van der Waals surface area contributed by atoms with Gasteiger partial charge in [0.2, 0.25) is 5.91 Å². The van der Waals surface area contributed by atoms with Crippen molar-refractivity contribution in [1.82, 2.24) is 30.9 Å². The lowest BCUT2D eigenvalue weighted by Crippen LogP contribution is -2.43. The van der Waals surface area contributed by atoms with Crippen LogP contribution in [0.2, 0.25) is 0 Å². The fraction of sp³-hybridized carbons (Fsp3) is 0.438. The topological polar surface area (TPSA) is 104 Å². The highest BCUT2D eigenvalue weighted by molar-refractivity contribution is 5.82. The Morgan fingerprint density at radius 2 is 2.17 bits per heavy atom. The molecule has 0 spiro atoms. The number of phenols is 1. The van der Waals surface area contributed by atoms with Crippen molar-refractivity contribution in [2.45, 2.75) is 38.4 Å². The molecule has 4 N–H and O–H groups in total. The number of rotatable bonds is 6. The van der Waals surface area contributed by atoms with Crippen molar-refractivity contribution in [1.29, 1.82) is 0 Å². The highest BCUT2D eigenvalue weighted by atomic mass is 16.3. The van der Waals surface area contributed by atoms with Crippen LogP contribution in [-0.4, -0.2) is 38.4 Å². The summed E-state index contributed by atoms with van der Waals surface area (Å²) in [6.07, 6.45) is 3.00. The molecule has 1 amide bonds. The second kappa shape index (κ2) is 7.41. The highest BCUT2D eigenvalue weighted by Gasteiger charge is 2.29. The molecule has 1 saturated heterocycles. The van der Waals surface area contributed by atoms with Crippen LogP contribution in [0.15, 0.2) is 30.6 Å². The fourth-order valence-electron chi connectivity index (χ4n) is 2.81. The van der Waals surface area contributed by atoms with E-state index in [0.717, 1.165) is 17.9 Å². The van der Waals surface area contributed by atoms with E-state index in [9.17, 15) is 9.90 Å². The molecule has 1 aromatic carbocycles. The zero-order valence-electron chi connectivity index (χ0n) is 13.6. The maximum absolute atomic E-state index is 12.3. The lowest BCUT2D eigenvalue weighted by atomic mass is 10.0. The molecule has 2 heterocycles. The molecule has 0 aliphatic carbocycles. The van der Waals surface area contributed by atoms with Gasteiger partial charge in [-0.05, 0) is 31.0 Å². The molecule has 2 unspecified atom stereocenters. The Bertz CT molecular complexity index is 684. The molecule has 8 heteroatoms. The molecule has 2 aromatic rings. The molecular weight excluding hydrogens is 308 g/mol. The number of nitrogens with one attached hydrogen (secondary N) is 3. The summed E-state index contributed by atoms with van der Waals surface area (Å²) in [5.74, 6) is 1.07. The van der Waals surface area contributed by atoms with Gasteiger partial charge in [0.05, 0.1) is 0 Å². The third kappa shape index (κ3) is 3.72. The maximum Gasteiger partial charge on any atom is 0.238 e. The number of phenolic OH excluding ortho intramolecular Hbond substituents is 1. The Kier molecular flexibility index (Phi) is 5.07. The molecule has 1 aliphatic rings. The first-order valence-electron chi connectivity index (χ1n) is 8.11. The Labute approximate surface area is 140 Å². The second-order valence-corrected chi connectivity index (χ2v) is 5.80. The number of aryl methyl sites for hydroxylation is 1. The lowest BCUT2D eigenvalue weighted by molar-refractivity contribution is -0.122. The smallest absolute Gasteiger partial charge is 0.238 e. The van der Waals surface area contributed by atoms with E-state index >= 15 is 0 Å². The van der Waals surface area contributed by atoms with Crippen molar-refractivity contribution in [3.05, 3.63) is 42.0 Å². The van der Waals surface area contributed by atoms with Gasteiger partial charge in [-0.1, -0.05) is 12.1 Å². The van der Waals surface area contributed by atoms with Crippen LogP contribution < -0.4 is 16.2 Å². The molecule has 1 fully saturated rings. The Hall–Kier alpha value is -2.45. The van der Waals surface area contributed by atoms with Gasteiger partial charge < -0.3 is 15.0 Å². The predicted molar refractivity (Wildman–Crippen MR) is 87.9 cm³/mol. The average Bonchev–Trinajstić information content (AvgIpc) is 3.24. The number of carbonyl (C=O) groups excluding carboxylic acids is 1. The van der Waals surface area contributed by atoms with E-state index in [-0.39, 0.29) is 23.7 Å². The molecule has 3 rings (SSSR count). The number of hydrazine groups is 1. The summed E-state index contributed by atoms with van der Waals surface area (Å²) in [6.45, 7) is 3.38. The van der Waals surface area contributed by atoms with Gasteiger partial charge in [-0.25, -0.2) is 10.9 Å². The normalized spacial score (nSPS) is 20.2. The molecule has 0 radical (unpaired) electrons. The third-order valence-corrected chi connectivity index (χ3v) is 4.20. The minimum absolute atomic E-state index is 0.0358. The van der Waals surface area contributed by atoms with Crippen molar-refractivity contribution >= 4 is 5.91 Å². The summed E-state index contributed by atoms with van der Waals surface area (Å²) < 4.78 is 1.96. The Morgan fingerprint density at radius 1 is 1.38 bits per heavy atom. The van der Waals surface area contributed by atoms with Crippen molar-refractivity contribution in [3.63, 3.8) is 0 Å². The van der Waals surface area contributed by atoms with E-state index < -0.39 is 0 Å². The zero-order valence-corrected chi connectivity index (χ0v) is 13.6. The summed E-state index contributed by atoms with van der Waals surface area (Å²) in [7, 11) is 0. The predicted octanol–water partition coefficient (Wildman–Crippen LogP) is 0.270. The molecule has 128 valence electrons. The molecular formula is C16H22N6O2. The molecule has 8 nitrogen and oxygen atoms in total. The molecule has 2 atom stereocenters. The van der Waals surface area contributed by atoms with Crippen LogP contribution in [0, 0.1) is 0 Å². The van der Waals surface area contributed by atoms with Crippen molar-refractivity contribution in [2.24, 2.45) is 0 Å². The van der Waals surface area contributed by atoms with Crippen molar-refractivity contribution < 1.29 is 9.90 Å². The van der Waals surface area contributed by atoms with E-state index in [1.54, 1.807) is 18.5 Å². The van der Waals surface area contributed by atoms with Crippen LogP contribution in [0.25, 0.3) is 0 Å². The molecule has 0 bridgehead atoms. The molecule has 1 aromatic heterocycles. The van der Waals surface area contributed by atoms with Gasteiger partial charge in [-0.15, -0.1) is 10.2 Å². The highest BCUT2D eigenvalue weighted by Crippen LogP contribution is 2.23. The number of amides is 1. The van der Waals surface area contributed by atoms with Crippen LogP contribution in [-0.2, 0) is 17.8 Å². The maximum atomic E-state index is 12.3. The minimum atomic E-state index is -0.284. The van der Waals surface area contributed by atoms with E-state index in [1.165, 1.54) is 0 Å². The standard InChI is InChI=1S/C16H22N6O2/c1-2-22-10-18-21-15(22)7-8-17-16(24)14-9-13(19-20-14)11-3-5-12(23)6-4-11/h3-6,10,13-14,19-20,23H,2,7-9H2,1H3,(H,17,24). The number of aromatic nitrogens is 3. The molecule has 1 aliphatic heterocycles. The largest absolute Gasteiger partial charge is 0.508 e. The van der Waals surface area contributed by atoms with E-state index in [1.807, 2.05) is 23.6 Å². The number of benzene rings is 1. The van der Waals surface area contributed by atoms with Gasteiger partial charge in [0.15, 0.2) is 0 Å². The summed E-state index contributed by atoms with van der Waals surface area (Å²) in [4.78, 5) is 12.3. The first kappa shape index (κ1) is 16.4. The van der Waals surface area contributed by atoms with Gasteiger partial charge in [-0.2, -0.15) is 0 Å². The summed E-state index contributed by atoms with van der Waals surface area (Å²) in [6, 6.07) is 6.76. The monoisotopic (exact) mass is 330 g/mol. The number of hydrogen-bond acceptors (Lipinski definition) is 6. The summed E-state index contributed by atoms with van der Waals surface area (Å²) >= 11 is 0. The number of hydrogen-bond donors (Lipinski definition) is 4. The molecule has 24 heavy (non-hydrogen) atoms. The van der Waals surface area contributed by atoms with Crippen LogP contribution in [0.3, 0.4) is 0 Å². The van der Waals surface area contributed by atoms with Gasteiger partial charge in [0, 0.05) is 25.6 Å². The second-order valence-electron chi connectivity index (χ2n) is 5.80. The van der Waals surface area contributed by atoms with E-state index in [2.05, 4.69) is 26.4 Å².